The minimum absolute atomic E-state index is 0.162. The Kier molecular flexibility index (Phi) is 7.36. The first kappa shape index (κ1) is 22.6. The van der Waals surface area contributed by atoms with E-state index in [1.54, 1.807) is 0 Å². The summed E-state index contributed by atoms with van der Waals surface area (Å²) in [6, 6.07) is 9.40. The summed E-state index contributed by atoms with van der Waals surface area (Å²) in [6.45, 7) is 12.0. The molecule has 0 radical (unpaired) electrons. The van der Waals surface area contributed by atoms with E-state index in [-0.39, 0.29) is 35.7 Å². The van der Waals surface area contributed by atoms with Crippen molar-refractivity contribution >= 4 is 11.9 Å². The number of rotatable bonds is 7. The number of amides is 3. The summed E-state index contributed by atoms with van der Waals surface area (Å²) in [5, 5.41) is 6.14. The normalized spacial score (nSPS) is 24.0. The van der Waals surface area contributed by atoms with Crippen LogP contribution in [-0.2, 0) is 9.53 Å². The zero-order chi connectivity index (χ0) is 21.7. The van der Waals surface area contributed by atoms with E-state index in [9.17, 15) is 9.59 Å². The van der Waals surface area contributed by atoms with Gasteiger partial charge in [-0.1, -0.05) is 30.3 Å². The molecule has 2 saturated heterocycles. The van der Waals surface area contributed by atoms with Crippen molar-refractivity contribution < 1.29 is 14.3 Å². The summed E-state index contributed by atoms with van der Waals surface area (Å²) < 4.78 is 5.84. The Bertz CT molecular complexity index is 714. The largest absolute Gasteiger partial charge is 0.373 e. The minimum Gasteiger partial charge on any atom is -0.373 e. The standard InChI is InChI=1S/C23H36N4O3/c1-17-13-27(14-18(2)30-17)23(3,4)16-24-22(29)25-20(19-9-6-5-7-10-19)15-26-12-8-11-21(26)28/h5-7,9-10,17-18,20H,8,11-16H2,1-4H3,(H2,24,25,29). The zero-order valence-electron chi connectivity index (χ0n) is 18.7. The zero-order valence-corrected chi connectivity index (χ0v) is 18.7. The van der Waals surface area contributed by atoms with Crippen molar-refractivity contribution in [2.24, 2.45) is 0 Å². The van der Waals surface area contributed by atoms with E-state index in [0.29, 0.717) is 19.5 Å². The molecule has 0 saturated carbocycles. The van der Waals surface area contributed by atoms with Gasteiger partial charge in [0.25, 0.3) is 0 Å². The number of carbonyl (C=O) groups is 2. The van der Waals surface area contributed by atoms with Gasteiger partial charge >= 0.3 is 6.03 Å². The van der Waals surface area contributed by atoms with Crippen LogP contribution in [0.3, 0.4) is 0 Å². The summed E-state index contributed by atoms with van der Waals surface area (Å²) in [5.74, 6) is 0.162. The van der Waals surface area contributed by atoms with Crippen molar-refractivity contribution in [1.29, 1.82) is 0 Å². The lowest BCUT2D eigenvalue weighted by molar-refractivity contribution is -0.128. The van der Waals surface area contributed by atoms with Gasteiger partial charge < -0.3 is 20.3 Å². The highest BCUT2D eigenvalue weighted by atomic mass is 16.5. The Labute approximate surface area is 180 Å². The Morgan fingerprint density at radius 2 is 1.87 bits per heavy atom. The highest BCUT2D eigenvalue weighted by Crippen LogP contribution is 2.21. The molecular weight excluding hydrogens is 380 g/mol. The number of benzene rings is 1. The van der Waals surface area contributed by atoms with E-state index in [2.05, 4.69) is 43.2 Å². The fourth-order valence-corrected chi connectivity index (χ4v) is 4.33. The highest BCUT2D eigenvalue weighted by Gasteiger charge is 2.33. The van der Waals surface area contributed by atoms with Crippen molar-refractivity contribution in [3.63, 3.8) is 0 Å². The van der Waals surface area contributed by atoms with Gasteiger partial charge in [0.05, 0.1) is 18.2 Å². The van der Waals surface area contributed by atoms with E-state index in [4.69, 9.17) is 4.74 Å². The molecule has 7 heteroatoms. The third-order valence-corrected chi connectivity index (χ3v) is 6.04. The first-order valence-corrected chi connectivity index (χ1v) is 11.0. The lowest BCUT2D eigenvalue weighted by Crippen LogP contribution is -2.59. The number of nitrogens with zero attached hydrogens (tertiary/aromatic N) is 2. The topological polar surface area (TPSA) is 73.9 Å². The SMILES string of the molecule is CC1CN(C(C)(C)CNC(=O)NC(CN2CCCC2=O)c2ccccc2)CC(C)O1. The Hall–Kier alpha value is -2.12. The van der Waals surface area contributed by atoms with Gasteiger partial charge in [0.2, 0.25) is 5.91 Å². The molecular formula is C23H36N4O3. The molecule has 3 unspecified atom stereocenters. The quantitative estimate of drug-likeness (QED) is 0.716. The molecule has 0 aliphatic carbocycles. The van der Waals surface area contributed by atoms with Crippen LogP contribution in [0, 0.1) is 0 Å². The number of nitrogens with one attached hydrogen (secondary N) is 2. The average Bonchev–Trinajstić information content (AvgIpc) is 3.10. The number of carbonyl (C=O) groups excluding carboxylic acids is 2. The molecule has 0 aromatic heterocycles. The summed E-state index contributed by atoms with van der Waals surface area (Å²) in [5.41, 5.74) is 0.819. The maximum Gasteiger partial charge on any atom is 0.315 e. The summed E-state index contributed by atoms with van der Waals surface area (Å²) >= 11 is 0. The molecule has 3 rings (SSSR count). The first-order chi connectivity index (χ1) is 14.2. The smallest absolute Gasteiger partial charge is 0.315 e. The van der Waals surface area contributed by atoms with Crippen LogP contribution in [0.4, 0.5) is 4.79 Å². The molecule has 2 fully saturated rings. The van der Waals surface area contributed by atoms with E-state index >= 15 is 0 Å². The second-order valence-corrected chi connectivity index (χ2v) is 9.21. The van der Waals surface area contributed by atoms with Gasteiger partial charge in [-0.25, -0.2) is 4.79 Å². The second kappa shape index (κ2) is 9.79. The average molecular weight is 417 g/mol. The molecule has 2 aliphatic heterocycles. The third-order valence-electron chi connectivity index (χ3n) is 6.04. The third kappa shape index (κ3) is 5.95. The summed E-state index contributed by atoms with van der Waals surface area (Å²) in [7, 11) is 0. The van der Waals surface area contributed by atoms with Crippen LogP contribution < -0.4 is 10.6 Å². The van der Waals surface area contributed by atoms with Gasteiger partial charge in [-0.2, -0.15) is 0 Å². The van der Waals surface area contributed by atoms with Crippen LogP contribution in [0.2, 0.25) is 0 Å². The maximum atomic E-state index is 12.8. The fraction of sp³-hybridized carbons (Fsp3) is 0.652. The van der Waals surface area contributed by atoms with Gasteiger partial charge in [-0.3, -0.25) is 9.69 Å². The monoisotopic (exact) mass is 416 g/mol. The molecule has 30 heavy (non-hydrogen) atoms. The lowest BCUT2D eigenvalue weighted by Gasteiger charge is -2.45. The van der Waals surface area contributed by atoms with Gasteiger partial charge in [-0.15, -0.1) is 0 Å². The van der Waals surface area contributed by atoms with Gasteiger partial charge in [0, 0.05) is 44.7 Å². The van der Waals surface area contributed by atoms with Crippen molar-refractivity contribution in [2.75, 3.05) is 32.7 Å². The van der Waals surface area contributed by atoms with Crippen LogP contribution >= 0.6 is 0 Å². The predicted molar refractivity (Wildman–Crippen MR) is 117 cm³/mol. The van der Waals surface area contributed by atoms with Crippen molar-refractivity contribution in [3.05, 3.63) is 35.9 Å². The fourth-order valence-electron chi connectivity index (χ4n) is 4.33. The van der Waals surface area contributed by atoms with Gasteiger partial charge in [0.15, 0.2) is 0 Å². The number of ether oxygens (including phenoxy) is 1. The number of likely N-dealkylation sites (tertiary alicyclic amines) is 1. The number of morpholine rings is 1. The van der Waals surface area contributed by atoms with E-state index in [1.165, 1.54) is 0 Å². The molecule has 2 N–H and O–H groups in total. The molecule has 3 amide bonds. The molecule has 166 valence electrons. The van der Waals surface area contributed by atoms with E-state index in [1.807, 2.05) is 35.2 Å². The summed E-state index contributed by atoms with van der Waals surface area (Å²) in [4.78, 5) is 29.1. The molecule has 1 aromatic rings. The van der Waals surface area contributed by atoms with E-state index < -0.39 is 0 Å². The van der Waals surface area contributed by atoms with Crippen LogP contribution in [0.15, 0.2) is 30.3 Å². The van der Waals surface area contributed by atoms with Crippen LogP contribution in [0.5, 0.6) is 0 Å². The molecule has 7 nitrogen and oxygen atoms in total. The van der Waals surface area contributed by atoms with Crippen molar-refractivity contribution in [3.8, 4) is 0 Å². The number of urea groups is 1. The Morgan fingerprint density at radius 3 is 2.47 bits per heavy atom. The van der Waals surface area contributed by atoms with Crippen LogP contribution in [-0.4, -0.2) is 72.2 Å². The molecule has 1 aromatic carbocycles. The summed E-state index contributed by atoms with van der Waals surface area (Å²) in [6.07, 6.45) is 1.85. The molecule has 0 spiro atoms. The van der Waals surface area contributed by atoms with Crippen LogP contribution in [0.25, 0.3) is 0 Å². The van der Waals surface area contributed by atoms with Crippen molar-refractivity contribution in [1.82, 2.24) is 20.4 Å². The second-order valence-electron chi connectivity index (χ2n) is 9.21. The lowest BCUT2D eigenvalue weighted by atomic mass is 10.00. The minimum atomic E-state index is -0.236. The van der Waals surface area contributed by atoms with E-state index in [0.717, 1.165) is 31.6 Å². The molecule has 3 atom stereocenters. The van der Waals surface area contributed by atoms with Gasteiger partial charge in [-0.05, 0) is 39.7 Å². The first-order valence-electron chi connectivity index (χ1n) is 11.0. The molecule has 0 bridgehead atoms. The molecule has 2 aliphatic rings. The maximum absolute atomic E-state index is 12.8. The van der Waals surface area contributed by atoms with Crippen molar-refractivity contribution in [2.45, 2.75) is 64.3 Å². The van der Waals surface area contributed by atoms with Gasteiger partial charge in [0.1, 0.15) is 0 Å². The molecule has 2 heterocycles. The number of hydrogen-bond donors (Lipinski definition) is 2. The Balaban J connectivity index is 1.59. The predicted octanol–water partition coefficient (Wildman–Crippen LogP) is 2.54. The number of hydrogen-bond acceptors (Lipinski definition) is 4. The highest BCUT2D eigenvalue weighted by molar-refractivity contribution is 5.78. The van der Waals surface area contributed by atoms with Crippen LogP contribution in [0.1, 0.15) is 52.1 Å². The Morgan fingerprint density at radius 1 is 1.20 bits per heavy atom.